The number of nitrogens with one attached hydrogen (secondary N) is 4. The molecule has 0 saturated heterocycles. The molecule has 0 spiro atoms. The number of carbonyl (C=O) groups excluding carboxylic acids is 2. The molecule has 2 aromatic heterocycles. The van der Waals surface area contributed by atoms with Gasteiger partial charge in [-0.2, -0.15) is 10.2 Å². The molecule has 8 nitrogen and oxygen atoms in total. The summed E-state index contributed by atoms with van der Waals surface area (Å²) in [4.78, 5) is 31.0. The Bertz CT molecular complexity index is 1430. The first-order valence-electron chi connectivity index (χ1n) is 10.6. The van der Waals surface area contributed by atoms with Crippen molar-refractivity contribution in [1.29, 1.82) is 0 Å². The highest BCUT2D eigenvalue weighted by Crippen LogP contribution is 2.16. The predicted octanol–water partition coefficient (Wildman–Crippen LogP) is 4.18. The summed E-state index contributed by atoms with van der Waals surface area (Å²) in [5, 5.41) is 10.1. The number of carbonyl (C=O) groups is 2. The number of nitrogens with zero attached hydrogens (tertiary/aromatic N) is 2. The second-order valence-electron chi connectivity index (χ2n) is 7.55. The number of hydrogen-bond acceptors (Lipinski definition) is 4. The lowest BCUT2D eigenvalue weighted by molar-refractivity contribution is 0.0943. The minimum Gasteiger partial charge on any atom is -0.361 e. The molecule has 8 heteroatoms. The quantitative estimate of drug-likeness (QED) is 0.231. The lowest BCUT2D eigenvalue weighted by Gasteiger charge is -2.02. The molecule has 0 atom stereocenters. The van der Waals surface area contributed by atoms with Crippen molar-refractivity contribution >= 4 is 46.0 Å². The molecule has 0 radical (unpaired) electrons. The third-order valence-electron chi connectivity index (χ3n) is 5.39. The number of aromatic amines is 2. The second kappa shape index (κ2) is 9.25. The van der Waals surface area contributed by atoms with Crippen LogP contribution >= 0.6 is 0 Å². The summed E-state index contributed by atoms with van der Waals surface area (Å²) in [5.41, 5.74) is 9.51. The van der Waals surface area contributed by atoms with E-state index in [9.17, 15) is 9.59 Å². The van der Waals surface area contributed by atoms with Crippen molar-refractivity contribution in [3.05, 3.63) is 107 Å². The van der Waals surface area contributed by atoms with Crippen molar-refractivity contribution < 1.29 is 9.59 Å². The molecule has 2 heterocycles. The van der Waals surface area contributed by atoms with Gasteiger partial charge in [-0.05, 0) is 36.4 Å². The Morgan fingerprint density at radius 2 is 1.03 bits per heavy atom. The van der Waals surface area contributed by atoms with E-state index in [2.05, 4.69) is 31.0 Å². The number of hydrogen-bond donors (Lipinski definition) is 4. The molecule has 0 fully saturated rings. The average molecular weight is 448 g/mol. The van der Waals surface area contributed by atoms with Gasteiger partial charge in [-0.15, -0.1) is 0 Å². The molecule has 0 aliphatic rings. The molecule has 0 aliphatic carbocycles. The van der Waals surface area contributed by atoms with Gasteiger partial charge in [0.05, 0.1) is 12.4 Å². The summed E-state index contributed by atoms with van der Waals surface area (Å²) in [5.74, 6) is -0.749. The Labute approximate surface area is 194 Å². The van der Waals surface area contributed by atoms with Crippen molar-refractivity contribution in [2.75, 3.05) is 0 Å². The molecule has 0 saturated carbocycles. The van der Waals surface area contributed by atoms with Gasteiger partial charge in [0.25, 0.3) is 11.8 Å². The van der Waals surface area contributed by atoms with Gasteiger partial charge in [0.15, 0.2) is 0 Å². The fourth-order valence-corrected chi connectivity index (χ4v) is 3.62. The minimum atomic E-state index is -0.375. The summed E-state index contributed by atoms with van der Waals surface area (Å²) >= 11 is 0. The molecular weight excluding hydrogens is 428 g/mol. The fourth-order valence-electron chi connectivity index (χ4n) is 3.62. The summed E-state index contributed by atoms with van der Waals surface area (Å²) in [7, 11) is 0. The zero-order valence-corrected chi connectivity index (χ0v) is 17.9. The van der Waals surface area contributed by atoms with Crippen molar-refractivity contribution in [3.8, 4) is 0 Å². The van der Waals surface area contributed by atoms with E-state index in [4.69, 9.17) is 0 Å². The first-order chi connectivity index (χ1) is 16.7. The average Bonchev–Trinajstić information content (AvgIpc) is 3.48. The zero-order chi connectivity index (χ0) is 23.3. The summed E-state index contributed by atoms with van der Waals surface area (Å²) < 4.78 is 0. The van der Waals surface area contributed by atoms with Crippen LogP contribution in [0.2, 0.25) is 0 Å². The monoisotopic (exact) mass is 448 g/mol. The van der Waals surface area contributed by atoms with Crippen molar-refractivity contribution in [1.82, 2.24) is 20.8 Å². The van der Waals surface area contributed by atoms with E-state index in [1.165, 1.54) is 0 Å². The van der Waals surface area contributed by atoms with Crippen LogP contribution in [-0.4, -0.2) is 34.2 Å². The van der Waals surface area contributed by atoms with E-state index in [0.29, 0.717) is 11.1 Å². The van der Waals surface area contributed by atoms with Crippen molar-refractivity contribution in [2.24, 2.45) is 10.2 Å². The van der Waals surface area contributed by atoms with E-state index in [1.807, 2.05) is 60.9 Å². The third-order valence-corrected chi connectivity index (χ3v) is 5.39. The highest BCUT2D eigenvalue weighted by atomic mass is 16.2. The molecule has 166 valence electrons. The number of benzene rings is 3. The van der Waals surface area contributed by atoms with Crippen molar-refractivity contribution in [3.63, 3.8) is 0 Å². The molecule has 2 amide bonds. The van der Waals surface area contributed by atoms with Crippen LogP contribution in [0, 0.1) is 0 Å². The van der Waals surface area contributed by atoms with Crippen molar-refractivity contribution in [2.45, 2.75) is 0 Å². The molecular formula is C26H20N6O2. The molecule has 0 unspecified atom stereocenters. The van der Waals surface area contributed by atoms with Crippen LogP contribution < -0.4 is 10.9 Å². The van der Waals surface area contributed by atoms with E-state index in [-0.39, 0.29) is 11.8 Å². The molecule has 0 aliphatic heterocycles. The molecule has 34 heavy (non-hydrogen) atoms. The topological polar surface area (TPSA) is 114 Å². The SMILES string of the molecule is O=C(N/N=C/c1c[nH]c2ccccc12)c1ccc(C(=O)N/N=C/c2c[nH]c3ccccc23)cc1. The number of amides is 2. The van der Waals surface area contributed by atoms with Gasteiger partial charge < -0.3 is 9.97 Å². The summed E-state index contributed by atoms with van der Waals surface area (Å²) in [6.45, 7) is 0. The molecule has 3 aromatic carbocycles. The van der Waals surface area contributed by atoms with E-state index < -0.39 is 0 Å². The van der Waals surface area contributed by atoms with E-state index in [1.54, 1.807) is 36.7 Å². The van der Waals surface area contributed by atoms with Gasteiger partial charge in [0.2, 0.25) is 0 Å². The molecule has 5 aromatic rings. The molecule has 0 bridgehead atoms. The number of aromatic nitrogens is 2. The third kappa shape index (κ3) is 4.33. The van der Waals surface area contributed by atoms with Crippen LogP contribution in [0.1, 0.15) is 31.8 Å². The maximum absolute atomic E-state index is 12.4. The van der Waals surface area contributed by atoms with Crippen LogP contribution in [0.5, 0.6) is 0 Å². The smallest absolute Gasteiger partial charge is 0.271 e. The lowest BCUT2D eigenvalue weighted by atomic mass is 10.1. The fraction of sp³-hybridized carbons (Fsp3) is 0. The van der Waals surface area contributed by atoms with Crippen LogP contribution in [0.3, 0.4) is 0 Å². The second-order valence-corrected chi connectivity index (χ2v) is 7.55. The van der Waals surface area contributed by atoms with Crippen LogP contribution in [0.4, 0.5) is 0 Å². The summed E-state index contributed by atoms with van der Waals surface area (Å²) in [6.07, 6.45) is 6.83. The largest absolute Gasteiger partial charge is 0.361 e. The van der Waals surface area contributed by atoms with Gasteiger partial charge in [0.1, 0.15) is 0 Å². The zero-order valence-electron chi connectivity index (χ0n) is 17.9. The van der Waals surface area contributed by atoms with Crippen LogP contribution in [0.25, 0.3) is 21.8 Å². The van der Waals surface area contributed by atoms with Crippen LogP contribution in [0.15, 0.2) is 95.4 Å². The Morgan fingerprint density at radius 3 is 1.47 bits per heavy atom. The first-order valence-corrected chi connectivity index (χ1v) is 10.6. The minimum absolute atomic E-state index is 0.375. The molecule has 5 rings (SSSR count). The standard InChI is InChI=1S/C26H20N6O2/c33-25(31-29-15-19-13-27-23-7-3-1-5-21(19)23)17-9-11-18(12-10-17)26(34)32-30-16-20-14-28-24-8-4-2-6-22(20)24/h1-16,27-28H,(H,31,33)(H,32,34)/b29-15+,30-16+. The van der Waals surface area contributed by atoms with E-state index in [0.717, 1.165) is 32.9 Å². The Balaban J connectivity index is 1.18. The highest BCUT2D eigenvalue weighted by molar-refractivity contribution is 6.02. The Hall–Kier alpha value is -4.98. The number of rotatable bonds is 6. The van der Waals surface area contributed by atoms with Gasteiger partial charge in [0, 0.05) is 56.5 Å². The van der Waals surface area contributed by atoms with Crippen LogP contribution in [-0.2, 0) is 0 Å². The number of H-pyrrole nitrogens is 2. The number of hydrazone groups is 2. The molecule has 4 N–H and O–H groups in total. The summed E-state index contributed by atoms with van der Waals surface area (Å²) in [6, 6.07) is 21.9. The Kier molecular flexibility index (Phi) is 5.69. The maximum Gasteiger partial charge on any atom is 0.271 e. The highest BCUT2D eigenvalue weighted by Gasteiger charge is 2.08. The maximum atomic E-state index is 12.4. The van der Waals surface area contributed by atoms with Gasteiger partial charge >= 0.3 is 0 Å². The number of fused-ring (bicyclic) bond motifs is 2. The lowest BCUT2D eigenvalue weighted by Crippen LogP contribution is -2.19. The number of para-hydroxylation sites is 2. The van der Waals surface area contributed by atoms with Gasteiger partial charge in [-0.25, -0.2) is 10.9 Å². The van der Waals surface area contributed by atoms with E-state index >= 15 is 0 Å². The predicted molar refractivity (Wildman–Crippen MR) is 133 cm³/mol. The normalized spacial score (nSPS) is 11.5. The van der Waals surface area contributed by atoms with Gasteiger partial charge in [-0.1, -0.05) is 36.4 Å². The first kappa shape index (κ1) is 20.9. The van der Waals surface area contributed by atoms with Gasteiger partial charge in [-0.3, -0.25) is 9.59 Å². The Morgan fingerprint density at radius 1 is 0.618 bits per heavy atom.